The molecule has 2 aromatic rings. The van der Waals surface area contributed by atoms with Gasteiger partial charge >= 0.3 is 0 Å². The highest BCUT2D eigenvalue weighted by atomic mass is 32.2. The molecular formula is C24H32N2O4S. The van der Waals surface area contributed by atoms with Crippen LogP contribution in [-0.4, -0.2) is 51.7 Å². The number of carbonyl (C=O) groups is 1. The van der Waals surface area contributed by atoms with E-state index in [1.165, 1.54) is 9.87 Å². The van der Waals surface area contributed by atoms with Crippen molar-refractivity contribution < 1.29 is 17.9 Å². The van der Waals surface area contributed by atoms with Crippen molar-refractivity contribution in [3.63, 3.8) is 0 Å². The molecule has 1 atom stereocenters. The van der Waals surface area contributed by atoms with Crippen LogP contribution in [0.1, 0.15) is 31.7 Å². The van der Waals surface area contributed by atoms with Crippen molar-refractivity contribution in [3.05, 3.63) is 60.2 Å². The van der Waals surface area contributed by atoms with Gasteiger partial charge in [0.25, 0.3) is 0 Å². The lowest BCUT2D eigenvalue weighted by Crippen LogP contribution is -2.52. The average Bonchev–Trinajstić information content (AvgIpc) is 2.77. The molecule has 1 aliphatic heterocycles. The van der Waals surface area contributed by atoms with E-state index in [9.17, 15) is 13.2 Å². The Bertz CT molecular complexity index is 953. The number of hydrogen-bond acceptors (Lipinski definition) is 4. The van der Waals surface area contributed by atoms with Crippen LogP contribution in [0.2, 0.25) is 0 Å². The molecule has 0 saturated carbocycles. The highest BCUT2D eigenvalue weighted by Gasteiger charge is 2.35. The van der Waals surface area contributed by atoms with E-state index in [1.54, 1.807) is 31.4 Å². The van der Waals surface area contributed by atoms with Crippen molar-refractivity contribution >= 4 is 21.6 Å². The van der Waals surface area contributed by atoms with Gasteiger partial charge in [0.2, 0.25) is 15.9 Å². The highest BCUT2D eigenvalue weighted by Crippen LogP contribution is 2.28. The first kappa shape index (κ1) is 23.1. The molecule has 6 nitrogen and oxygen atoms in total. The monoisotopic (exact) mass is 444 g/mol. The molecule has 1 saturated heterocycles. The maximum absolute atomic E-state index is 13.4. The molecule has 0 aliphatic carbocycles. The molecule has 31 heavy (non-hydrogen) atoms. The van der Waals surface area contributed by atoms with Crippen molar-refractivity contribution in [1.82, 2.24) is 4.90 Å². The minimum Gasteiger partial charge on any atom is -0.497 e. The minimum absolute atomic E-state index is 0.123. The minimum atomic E-state index is -3.64. The van der Waals surface area contributed by atoms with Crippen LogP contribution in [0.4, 0.5) is 5.69 Å². The maximum Gasteiger partial charge on any atom is 0.246 e. The lowest BCUT2D eigenvalue weighted by molar-refractivity contribution is -0.133. The van der Waals surface area contributed by atoms with E-state index in [-0.39, 0.29) is 5.91 Å². The van der Waals surface area contributed by atoms with Gasteiger partial charge in [-0.1, -0.05) is 37.3 Å². The molecule has 0 radical (unpaired) electrons. The van der Waals surface area contributed by atoms with Gasteiger partial charge in [-0.25, -0.2) is 8.42 Å². The third-order valence-electron chi connectivity index (χ3n) is 5.93. The quantitative estimate of drug-likeness (QED) is 0.622. The number of nitrogens with zero attached hydrogens (tertiary/aromatic N) is 2. The standard InChI is InChI=1S/C24H32N2O4S/c1-4-23(26(31(3,28)29)21-10-12-22(30-2)13-11-21)24(27)25-16-14-20(15-17-25)18-19-8-6-5-7-9-19/h5-13,20,23H,4,14-18H2,1-3H3/t23-/m1/s1. The SMILES string of the molecule is CC[C@H](C(=O)N1CCC(Cc2ccccc2)CC1)N(c1ccc(OC)cc1)S(C)(=O)=O. The van der Waals surface area contributed by atoms with E-state index in [4.69, 9.17) is 4.74 Å². The van der Waals surface area contributed by atoms with E-state index in [0.717, 1.165) is 25.5 Å². The van der Waals surface area contributed by atoms with Crippen LogP contribution >= 0.6 is 0 Å². The van der Waals surface area contributed by atoms with Gasteiger partial charge in [-0.2, -0.15) is 0 Å². The van der Waals surface area contributed by atoms with Crippen LogP contribution in [0.25, 0.3) is 0 Å². The zero-order valence-corrected chi connectivity index (χ0v) is 19.3. The summed E-state index contributed by atoms with van der Waals surface area (Å²) in [6.45, 7) is 3.17. The summed E-state index contributed by atoms with van der Waals surface area (Å²) in [5.74, 6) is 1.05. The van der Waals surface area contributed by atoms with Gasteiger partial charge in [0, 0.05) is 13.1 Å². The van der Waals surface area contributed by atoms with E-state index in [1.807, 2.05) is 17.9 Å². The molecule has 2 aromatic carbocycles. The number of piperidine rings is 1. The number of benzene rings is 2. The number of ether oxygens (including phenoxy) is 1. The molecule has 168 valence electrons. The van der Waals surface area contributed by atoms with Gasteiger partial charge < -0.3 is 9.64 Å². The summed E-state index contributed by atoms with van der Waals surface area (Å²) in [7, 11) is -2.08. The summed E-state index contributed by atoms with van der Waals surface area (Å²) < 4.78 is 31.7. The van der Waals surface area contributed by atoms with Crippen LogP contribution in [0.3, 0.4) is 0 Å². The third kappa shape index (κ3) is 5.79. The Labute approximate surface area is 185 Å². The molecule has 0 unspecified atom stereocenters. The number of rotatable bonds is 8. The van der Waals surface area contributed by atoms with Gasteiger partial charge in [0.1, 0.15) is 11.8 Å². The van der Waals surface area contributed by atoms with Crippen LogP contribution in [0.15, 0.2) is 54.6 Å². The van der Waals surface area contributed by atoms with Crippen molar-refractivity contribution in [2.45, 2.75) is 38.6 Å². The number of amides is 1. The first-order valence-electron chi connectivity index (χ1n) is 10.8. The van der Waals surface area contributed by atoms with Crippen LogP contribution in [-0.2, 0) is 21.2 Å². The maximum atomic E-state index is 13.4. The summed E-state index contributed by atoms with van der Waals surface area (Å²) in [6.07, 6.45) is 4.43. The van der Waals surface area contributed by atoms with E-state index < -0.39 is 16.1 Å². The average molecular weight is 445 g/mol. The molecule has 0 N–H and O–H groups in total. The van der Waals surface area contributed by atoms with Gasteiger partial charge in [-0.15, -0.1) is 0 Å². The lowest BCUT2D eigenvalue weighted by atomic mass is 9.90. The van der Waals surface area contributed by atoms with Crippen LogP contribution in [0, 0.1) is 5.92 Å². The van der Waals surface area contributed by atoms with Crippen LogP contribution < -0.4 is 9.04 Å². The van der Waals surface area contributed by atoms with E-state index in [2.05, 4.69) is 24.3 Å². The Hall–Kier alpha value is -2.54. The molecule has 7 heteroatoms. The first-order chi connectivity index (χ1) is 14.8. The molecule has 0 bridgehead atoms. The molecule has 1 aliphatic rings. The second-order valence-electron chi connectivity index (χ2n) is 8.14. The molecule has 0 aromatic heterocycles. The number of sulfonamides is 1. The van der Waals surface area contributed by atoms with E-state index >= 15 is 0 Å². The van der Waals surface area contributed by atoms with Gasteiger partial charge in [-0.3, -0.25) is 9.10 Å². The number of anilines is 1. The topological polar surface area (TPSA) is 66.9 Å². The molecule has 3 rings (SSSR count). The zero-order valence-electron chi connectivity index (χ0n) is 18.5. The Morgan fingerprint density at radius 3 is 2.23 bits per heavy atom. The summed E-state index contributed by atoms with van der Waals surface area (Å²) >= 11 is 0. The molecule has 1 fully saturated rings. The Morgan fingerprint density at radius 1 is 1.10 bits per heavy atom. The van der Waals surface area contributed by atoms with Crippen molar-refractivity contribution in [2.75, 3.05) is 30.8 Å². The number of carbonyl (C=O) groups excluding carboxylic acids is 1. The number of hydrogen-bond donors (Lipinski definition) is 0. The predicted molar refractivity (Wildman–Crippen MR) is 124 cm³/mol. The second kappa shape index (κ2) is 10.2. The first-order valence-corrected chi connectivity index (χ1v) is 12.6. The highest BCUT2D eigenvalue weighted by molar-refractivity contribution is 7.92. The third-order valence-corrected chi connectivity index (χ3v) is 7.11. The van der Waals surface area contributed by atoms with Gasteiger partial charge in [0.05, 0.1) is 19.1 Å². The lowest BCUT2D eigenvalue weighted by Gasteiger charge is -2.37. The van der Waals surface area contributed by atoms with E-state index in [0.29, 0.717) is 36.9 Å². The largest absolute Gasteiger partial charge is 0.497 e. The smallest absolute Gasteiger partial charge is 0.246 e. The molecular weight excluding hydrogens is 412 g/mol. The summed E-state index contributed by atoms with van der Waals surface area (Å²) in [5, 5.41) is 0. The fourth-order valence-corrected chi connectivity index (χ4v) is 5.49. The predicted octanol–water partition coefficient (Wildman–Crippen LogP) is 3.72. The van der Waals surface area contributed by atoms with Crippen molar-refractivity contribution in [3.8, 4) is 5.75 Å². The zero-order chi connectivity index (χ0) is 22.4. The van der Waals surface area contributed by atoms with Crippen molar-refractivity contribution in [2.24, 2.45) is 5.92 Å². The Kier molecular flexibility index (Phi) is 7.59. The number of likely N-dealkylation sites (tertiary alicyclic amines) is 1. The van der Waals surface area contributed by atoms with Crippen molar-refractivity contribution in [1.29, 1.82) is 0 Å². The molecule has 1 amide bonds. The summed E-state index contributed by atoms with van der Waals surface area (Å²) in [4.78, 5) is 15.2. The fourth-order valence-electron chi connectivity index (χ4n) is 4.29. The second-order valence-corrected chi connectivity index (χ2v) is 10.00. The normalized spacial score (nSPS) is 16.0. The fraction of sp³-hybridized carbons (Fsp3) is 0.458. The Balaban J connectivity index is 1.71. The number of methoxy groups -OCH3 is 1. The van der Waals surface area contributed by atoms with Crippen LogP contribution in [0.5, 0.6) is 5.75 Å². The Morgan fingerprint density at radius 2 is 1.71 bits per heavy atom. The summed E-state index contributed by atoms with van der Waals surface area (Å²) in [5.41, 5.74) is 1.80. The molecule has 0 spiro atoms. The van der Waals surface area contributed by atoms with Gasteiger partial charge in [0.15, 0.2) is 0 Å². The molecule has 1 heterocycles. The van der Waals surface area contributed by atoms with Gasteiger partial charge in [-0.05, 0) is 61.4 Å². The summed E-state index contributed by atoms with van der Waals surface area (Å²) in [6, 6.07) is 16.4.